The monoisotopic (exact) mass is 264 g/mol. The molecule has 3 N–H and O–H groups in total. The number of hydrogen-bond acceptors (Lipinski definition) is 2. The van der Waals surface area contributed by atoms with Crippen LogP contribution in [0.5, 0.6) is 0 Å². The van der Waals surface area contributed by atoms with Crippen molar-refractivity contribution >= 4 is 0 Å². The van der Waals surface area contributed by atoms with Crippen LogP contribution in [0.1, 0.15) is 65.2 Å². The van der Waals surface area contributed by atoms with E-state index in [1.54, 1.807) is 6.42 Å². The van der Waals surface area contributed by atoms with Crippen LogP contribution in [0.2, 0.25) is 0 Å². The Morgan fingerprint density at radius 2 is 1.53 bits per heavy atom. The number of hydrogen-bond donors (Lipinski definition) is 2. The van der Waals surface area contributed by atoms with Crippen molar-refractivity contribution in [1.29, 1.82) is 0 Å². The Morgan fingerprint density at radius 1 is 0.947 bits per heavy atom. The van der Waals surface area contributed by atoms with Crippen LogP contribution in [0.4, 0.5) is 0 Å². The van der Waals surface area contributed by atoms with Gasteiger partial charge in [0.15, 0.2) is 0 Å². The van der Waals surface area contributed by atoms with E-state index in [0.29, 0.717) is 6.04 Å². The van der Waals surface area contributed by atoms with Gasteiger partial charge in [0.2, 0.25) is 0 Å². The fraction of sp³-hybridized carbons (Fsp3) is 1.00. The molecule has 0 spiro atoms. The first-order chi connectivity index (χ1) is 9.17. The van der Waals surface area contributed by atoms with E-state index in [2.05, 4.69) is 19.3 Å². The van der Waals surface area contributed by atoms with Crippen molar-refractivity contribution in [2.24, 2.45) is 41.4 Å². The highest BCUT2D eigenvalue weighted by molar-refractivity contribution is 5.01. The molecule has 4 saturated carbocycles. The topological polar surface area (TPSA) is 38.0 Å². The zero-order valence-corrected chi connectivity index (χ0v) is 12.8. The SMILES string of the molecule is CC(C)CCCC(NN)C1C2CC3CC(C2)CC1C3. The summed E-state index contributed by atoms with van der Waals surface area (Å²) in [6.45, 7) is 4.65. The van der Waals surface area contributed by atoms with Crippen LogP contribution in [0, 0.1) is 35.5 Å². The molecule has 0 amide bonds. The van der Waals surface area contributed by atoms with Gasteiger partial charge in [0.25, 0.3) is 0 Å². The second-order valence-electron chi connectivity index (χ2n) is 8.11. The fourth-order valence-corrected chi connectivity index (χ4v) is 5.76. The molecular formula is C17H32N2. The third-order valence-corrected chi connectivity index (χ3v) is 6.27. The molecule has 4 aliphatic carbocycles. The summed E-state index contributed by atoms with van der Waals surface area (Å²) in [4.78, 5) is 0. The predicted octanol–water partition coefficient (Wildman–Crippen LogP) is 3.72. The summed E-state index contributed by atoms with van der Waals surface area (Å²) < 4.78 is 0. The summed E-state index contributed by atoms with van der Waals surface area (Å²) in [6, 6.07) is 0.591. The van der Waals surface area contributed by atoms with E-state index < -0.39 is 0 Å². The van der Waals surface area contributed by atoms with E-state index >= 15 is 0 Å². The van der Waals surface area contributed by atoms with Crippen molar-refractivity contribution in [3.8, 4) is 0 Å². The normalized spacial score (nSPS) is 42.0. The molecule has 1 unspecified atom stereocenters. The molecule has 110 valence electrons. The summed E-state index contributed by atoms with van der Waals surface area (Å²) in [7, 11) is 0. The van der Waals surface area contributed by atoms with E-state index in [0.717, 1.165) is 35.5 Å². The van der Waals surface area contributed by atoms with Gasteiger partial charge in [-0.2, -0.15) is 0 Å². The van der Waals surface area contributed by atoms with Crippen molar-refractivity contribution in [2.75, 3.05) is 0 Å². The molecule has 0 aromatic rings. The molecule has 4 aliphatic rings. The lowest BCUT2D eigenvalue weighted by molar-refractivity contribution is -0.0533. The average Bonchev–Trinajstić information content (AvgIpc) is 2.35. The Labute approximate surface area is 118 Å². The van der Waals surface area contributed by atoms with Gasteiger partial charge in [-0.25, -0.2) is 0 Å². The van der Waals surface area contributed by atoms with Crippen molar-refractivity contribution in [2.45, 2.75) is 71.3 Å². The second-order valence-corrected chi connectivity index (χ2v) is 8.11. The number of rotatable bonds is 6. The molecule has 0 radical (unpaired) electrons. The quantitative estimate of drug-likeness (QED) is 0.567. The summed E-state index contributed by atoms with van der Waals surface area (Å²) in [6.07, 6.45) is 11.6. The van der Waals surface area contributed by atoms with Gasteiger partial charge in [-0.1, -0.05) is 26.7 Å². The first-order valence-electron chi connectivity index (χ1n) is 8.63. The van der Waals surface area contributed by atoms with Crippen LogP contribution in [0.25, 0.3) is 0 Å². The van der Waals surface area contributed by atoms with E-state index in [-0.39, 0.29) is 0 Å². The van der Waals surface area contributed by atoms with Gasteiger partial charge < -0.3 is 0 Å². The van der Waals surface area contributed by atoms with Gasteiger partial charge in [0.05, 0.1) is 0 Å². The van der Waals surface area contributed by atoms with Crippen molar-refractivity contribution < 1.29 is 0 Å². The lowest BCUT2D eigenvalue weighted by Crippen LogP contribution is -2.54. The summed E-state index contributed by atoms with van der Waals surface area (Å²) in [5, 5.41) is 0. The largest absolute Gasteiger partial charge is 0.271 e. The zero-order valence-electron chi connectivity index (χ0n) is 12.8. The highest BCUT2D eigenvalue weighted by atomic mass is 15.2. The van der Waals surface area contributed by atoms with Crippen molar-refractivity contribution in [3.05, 3.63) is 0 Å². The average molecular weight is 264 g/mol. The maximum atomic E-state index is 5.92. The summed E-state index contributed by atoms with van der Waals surface area (Å²) in [5.74, 6) is 11.8. The first-order valence-corrected chi connectivity index (χ1v) is 8.63. The molecule has 2 nitrogen and oxygen atoms in total. The van der Waals surface area contributed by atoms with Gasteiger partial charge in [0.1, 0.15) is 0 Å². The molecule has 4 fully saturated rings. The van der Waals surface area contributed by atoms with E-state index in [9.17, 15) is 0 Å². The third-order valence-electron chi connectivity index (χ3n) is 6.27. The molecular weight excluding hydrogens is 232 g/mol. The van der Waals surface area contributed by atoms with Crippen LogP contribution in [0.15, 0.2) is 0 Å². The molecule has 2 heteroatoms. The minimum atomic E-state index is 0.591. The maximum Gasteiger partial charge on any atom is 0.0244 e. The smallest absolute Gasteiger partial charge is 0.0244 e. The summed E-state index contributed by atoms with van der Waals surface area (Å²) >= 11 is 0. The lowest BCUT2D eigenvalue weighted by Gasteiger charge is -2.56. The molecule has 0 aromatic heterocycles. The summed E-state index contributed by atoms with van der Waals surface area (Å²) in [5.41, 5.74) is 3.20. The first kappa shape index (κ1) is 13.9. The molecule has 19 heavy (non-hydrogen) atoms. The maximum absolute atomic E-state index is 5.92. The van der Waals surface area contributed by atoms with Crippen LogP contribution >= 0.6 is 0 Å². The molecule has 0 aromatic carbocycles. The van der Waals surface area contributed by atoms with Gasteiger partial charge in [-0.3, -0.25) is 11.3 Å². The van der Waals surface area contributed by atoms with Gasteiger partial charge in [-0.15, -0.1) is 0 Å². The van der Waals surface area contributed by atoms with Gasteiger partial charge >= 0.3 is 0 Å². The minimum absolute atomic E-state index is 0.591. The Bertz CT molecular complexity index is 272. The second kappa shape index (κ2) is 5.73. The van der Waals surface area contributed by atoms with Crippen LogP contribution in [0.3, 0.4) is 0 Å². The van der Waals surface area contributed by atoms with Crippen LogP contribution in [-0.2, 0) is 0 Å². The molecule has 4 rings (SSSR count). The number of nitrogens with one attached hydrogen (secondary N) is 1. The predicted molar refractivity (Wildman–Crippen MR) is 80.3 cm³/mol. The van der Waals surface area contributed by atoms with Crippen molar-refractivity contribution in [1.82, 2.24) is 5.43 Å². The minimum Gasteiger partial charge on any atom is -0.271 e. The molecule has 0 heterocycles. The number of nitrogens with two attached hydrogens (primary N) is 1. The van der Waals surface area contributed by atoms with Crippen molar-refractivity contribution in [3.63, 3.8) is 0 Å². The van der Waals surface area contributed by atoms with Gasteiger partial charge in [0, 0.05) is 6.04 Å². The van der Waals surface area contributed by atoms with Crippen LogP contribution in [-0.4, -0.2) is 6.04 Å². The van der Waals surface area contributed by atoms with Gasteiger partial charge in [-0.05, 0) is 74.0 Å². The Morgan fingerprint density at radius 3 is 2.00 bits per heavy atom. The number of hydrazine groups is 1. The standard InChI is InChI=1S/C17H32N2/c1-11(2)4-3-5-16(19-18)17-14-7-12-6-13(9-14)10-15(17)8-12/h11-17,19H,3-10,18H2,1-2H3. The third kappa shape index (κ3) is 2.85. The Kier molecular flexibility index (Phi) is 4.19. The highest BCUT2D eigenvalue weighted by Crippen LogP contribution is 2.57. The van der Waals surface area contributed by atoms with E-state index in [4.69, 9.17) is 5.84 Å². The Hall–Kier alpha value is -0.0800. The van der Waals surface area contributed by atoms with Crippen LogP contribution < -0.4 is 11.3 Å². The molecule has 4 bridgehead atoms. The molecule has 0 aliphatic heterocycles. The lowest BCUT2D eigenvalue weighted by atomic mass is 9.50. The molecule has 0 saturated heterocycles. The highest BCUT2D eigenvalue weighted by Gasteiger charge is 2.50. The van der Waals surface area contributed by atoms with E-state index in [1.165, 1.54) is 44.9 Å². The Balaban J connectivity index is 1.60. The van der Waals surface area contributed by atoms with E-state index in [1.807, 2.05) is 0 Å². The zero-order chi connectivity index (χ0) is 13.4. The fourth-order valence-electron chi connectivity index (χ4n) is 5.76. The molecule has 1 atom stereocenters.